The molecule has 122 valence electrons. The van der Waals surface area contributed by atoms with Crippen LogP contribution >= 0.6 is 0 Å². The number of esters is 1. The predicted octanol–water partition coefficient (Wildman–Crippen LogP) is 3.42. The highest BCUT2D eigenvalue weighted by molar-refractivity contribution is 5.70. The summed E-state index contributed by atoms with van der Waals surface area (Å²) in [5, 5.41) is 2.70. The molecule has 0 unspecified atom stereocenters. The Labute approximate surface area is 132 Å². The van der Waals surface area contributed by atoms with Crippen molar-refractivity contribution in [3.8, 4) is 0 Å². The Bertz CT molecular complexity index is 479. The molecule has 0 bridgehead atoms. The first-order chi connectivity index (χ1) is 10.3. The van der Waals surface area contributed by atoms with Crippen LogP contribution in [0.15, 0.2) is 30.3 Å². The average Bonchev–Trinajstić information content (AvgIpc) is 2.42. The fraction of sp³-hybridized carbons (Fsp3) is 0.529. The fourth-order valence-electron chi connectivity index (χ4n) is 1.77. The van der Waals surface area contributed by atoms with Gasteiger partial charge in [-0.2, -0.15) is 0 Å². The summed E-state index contributed by atoms with van der Waals surface area (Å²) in [4.78, 5) is 23.2. The fourth-order valence-corrected chi connectivity index (χ4v) is 1.77. The second-order valence-electron chi connectivity index (χ2n) is 6.23. The lowest BCUT2D eigenvalue weighted by Crippen LogP contribution is -2.34. The predicted molar refractivity (Wildman–Crippen MR) is 84.3 cm³/mol. The molecule has 0 spiro atoms. The summed E-state index contributed by atoms with van der Waals surface area (Å²) in [7, 11) is 0. The summed E-state index contributed by atoms with van der Waals surface area (Å²) < 4.78 is 10.3. The molecule has 0 aliphatic rings. The van der Waals surface area contributed by atoms with Crippen LogP contribution in [0.3, 0.4) is 0 Å². The maximum absolute atomic E-state index is 11.7. The van der Waals surface area contributed by atoms with Crippen molar-refractivity contribution in [2.75, 3.05) is 0 Å². The van der Waals surface area contributed by atoms with Crippen LogP contribution in [0.1, 0.15) is 46.1 Å². The van der Waals surface area contributed by atoms with Crippen LogP contribution in [0.2, 0.25) is 0 Å². The minimum absolute atomic E-state index is 0.157. The van der Waals surface area contributed by atoms with Crippen LogP contribution in [0, 0.1) is 0 Å². The number of carbonyl (C=O) groups excluding carboxylic acids is 2. The number of nitrogens with one attached hydrogen (secondary N) is 1. The zero-order valence-corrected chi connectivity index (χ0v) is 13.7. The van der Waals surface area contributed by atoms with Crippen molar-refractivity contribution in [2.45, 2.75) is 58.8 Å². The van der Waals surface area contributed by atoms with Gasteiger partial charge in [0.05, 0.1) is 0 Å². The molecule has 5 nitrogen and oxygen atoms in total. The molecule has 1 atom stereocenters. The molecule has 0 fully saturated rings. The third-order valence-electron chi connectivity index (χ3n) is 2.78. The van der Waals surface area contributed by atoms with Crippen molar-refractivity contribution in [1.82, 2.24) is 5.32 Å². The lowest BCUT2D eigenvalue weighted by Gasteiger charge is -2.20. The molecule has 0 saturated heterocycles. The zero-order chi connectivity index (χ0) is 16.6. The average molecular weight is 307 g/mol. The zero-order valence-electron chi connectivity index (χ0n) is 13.7. The SMILES string of the molecule is C[C@@H](CCC(=O)OC(C)(C)C)NC(=O)OCc1ccccc1. The number of ether oxygens (including phenoxy) is 2. The molecule has 0 saturated carbocycles. The Balaban J connectivity index is 2.22. The number of amides is 1. The summed E-state index contributed by atoms with van der Waals surface area (Å²) in [6.45, 7) is 7.54. The molecule has 1 aromatic carbocycles. The molecule has 22 heavy (non-hydrogen) atoms. The van der Waals surface area contributed by atoms with E-state index in [9.17, 15) is 9.59 Å². The highest BCUT2D eigenvalue weighted by Crippen LogP contribution is 2.10. The highest BCUT2D eigenvalue weighted by atomic mass is 16.6. The molecule has 0 aliphatic carbocycles. The summed E-state index contributed by atoms with van der Waals surface area (Å²) >= 11 is 0. The van der Waals surface area contributed by atoms with Gasteiger partial charge in [0.15, 0.2) is 0 Å². The maximum atomic E-state index is 11.7. The smallest absolute Gasteiger partial charge is 0.407 e. The summed E-state index contributed by atoms with van der Waals surface area (Å²) in [6.07, 6.45) is 0.285. The number of rotatable bonds is 6. The number of carbonyl (C=O) groups is 2. The standard InChI is InChI=1S/C17H25NO4/c1-13(10-11-15(19)22-17(2,3)4)18-16(20)21-12-14-8-6-5-7-9-14/h5-9,13H,10-12H2,1-4H3,(H,18,20)/t13-/m0/s1. The minimum Gasteiger partial charge on any atom is -0.460 e. The molecule has 0 heterocycles. The Morgan fingerprint density at radius 2 is 1.82 bits per heavy atom. The molecular formula is C17H25NO4. The van der Waals surface area contributed by atoms with E-state index in [1.807, 2.05) is 58.0 Å². The molecule has 0 aliphatic heterocycles. The molecular weight excluding hydrogens is 282 g/mol. The lowest BCUT2D eigenvalue weighted by atomic mass is 10.1. The van der Waals surface area contributed by atoms with Crippen LogP contribution in [0.5, 0.6) is 0 Å². The normalized spacial score (nSPS) is 12.4. The summed E-state index contributed by atoms with van der Waals surface area (Å²) in [5.74, 6) is -0.265. The van der Waals surface area contributed by atoms with Crippen LogP contribution in [0.4, 0.5) is 4.79 Å². The van der Waals surface area contributed by atoms with E-state index >= 15 is 0 Å². The Morgan fingerprint density at radius 1 is 1.18 bits per heavy atom. The van der Waals surface area contributed by atoms with Gasteiger partial charge in [0, 0.05) is 12.5 Å². The quantitative estimate of drug-likeness (QED) is 0.818. The number of alkyl carbamates (subject to hydrolysis) is 1. The maximum Gasteiger partial charge on any atom is 0.407 e. The Hall–Kier alpha value is -2.04. The topological polar surface area (TPSA) is 64.6 Å². The van der Waals surface area contributed by atoms with Gasteiger partial charge in [-0.1, -0.05) is 30.3 Å². The van der Waals surface area contributed by atoms with Gasteiger partial charge in [-0.15, -0.1) is 0 Å². The molecule has 1 rings (SSSR count). The molecule has 1 amide bonds. The van der Waals surface area contributed by atoms with Crippen molar-refractivity contribution in [2.24, 2.45) is 0 Å². The van der Waals surface area contributed by atoms with Gasteiger partial charge in [0.1, 0.15) is 12.2 Å². The van der Waals surface area contributed by atoms with Gasteiger partial charge in [-0.25, -0.2) is 4.79 Å². The molecule has 0 aromatic heterocycles. The first kappa shape index (κ1) is 18.0. The summed E-state index contributed by atoms with van der Waals surface area (Å²) in [6, 6.07) is 9.30. The van der Waals surface area contributed by atoms with Crippen LogP contribution in [-0.4, -0.2) is 23.7 Å². The van der Waals surface area contributed by atoms with E-state index in [4.69, 9.17) is 9.47 Å². The third-order valence-corrected chi connectivity index (χ3v) is 2.78. The lowest BCUT2D eigenvalue weighted by molar-refractivity contribution is -0.155. The molecule has 1 aromatic rings. The molecule has 5 heteroatoms. The third kappa shape index (κ3) is 8.29. The van der Waals surface area contributed by atoms with Crippen molar-refractivity contribution in [3.63, 3.8) is 0 Å². The van der Waals surface area contributed by atoms with E-state index in [0.29, 0.717) is 6.42 Å². The molecule has 1 N–H and O–H groups in total. The summed E-state index contributed by atoms with van der Waals surface area (Å²) in [5.41, 5.74) is 0.446. The molecule has 0 radical (unpaired) electrons. The van der Waals surface area contributed by atoms with E-state index in [-0.39, 0.29) is 25.0 Å². The van der Waals surface area contributed by atoms with Crippen LogP contribution < -0.4 is 5.32 Å². The number of benzene rings is 1. The monoisotopic (exact) mass is 307 g/mol. The van der Waals surface area contributed by atoms with Crippen molar-refractivity contribution < 1.29 is 19.1 Å². The van der Waals surface area contributed by atoms with E-state index in [0.717, 1.165) is 5.56 Å². The Morgan fingerprint density at radius 3 is 2.41 bits per heavy atom. The van der Waals surface area contributed by atoms with Gasteiger partial charge in [0.2, 0.25) is 0 Å². The van der Waals surface area contributed by atoms with Gasteiger partial charge < -0.3 is 14.8 Å². The van der Waals surface area contributed by atoms with E-state index < -0.39 is 11.7 Å². The van der Waals surface area contributed by atoms with E-state index in [2.05, 4.69) is 5.32 Å². The van der Waals surface area contributed by atoms with Crippen molar-refractivity contribution in [3.05, 3.63) is 35.9 Å². The van der Waals surface area contributed by atoms with Gasteiger partial charge in [0.25, 0.3) is 0 Å². The number of hydrogen-bond donors (Lipinski definition) is 1. The number of hydrogen-bond acceptors (Lipinski definition) is 4. The highest BCUT2D eigenvalue weighted by Gasteiger charge is 2.17. The first-order valence-corrected chi connectivity index (χ1v) is 7.45. The second-order valence-corrected chi connectivity index (χ2v) is 6.23. The minimum atomic E-state index is -0.486. The van der Waals surface area contributed by atoms with E-state index in [1.54, 1.807) is 0 Å². The van der Waals surface area contributed by atoms with Gasteiger partial charge in [-0.05, 0) is 39.7 Å². The Kier molecular flexibility index (Phi) is 6.89. The second kappa shape index (κ2) is 8.41. The van der Waals surface area contributed by atoms with E-state index in [1.165, 1.54) is 0 Å². The van der Waals surface area contributed by atoms with Gasteiger partial charge in [-0.3, -0.25) is 4.79 Å². The van der Waals surface area contributed by atoms with Crippen LogP contribution in [-0.2, 0) is 20.9 Å². The van der Waals surface area contributed by atoms with Crippen molar-refractivity contribution in [1.29, 1.82) is 0 Å². The largest absolute Gasteiger partial charge is 0.460 e. The van der Waals surface area contributed by atoms with Gasteiger partial charge >= 0.3 is 12.1 Å². The first-order valence-electron chi connectivity index (χ1n) is 7.45. The van der Waals surface area contributed by atoms with Crippen LogP contribution in [0.25, 0.3) is 0 Å². The van der Waals surface area contributed by atoms with Crippen molar-refractivity contribution >= 4 is 12.1 Å².